The molecule has 0 saturated heterocycles. The molecule has 194 valence electrons. The van der Waals surface area contributed by atoms with E-state index in [0.717, 1.165) is 11.5 Å². The minimum Gasteiger partial charge on any atom is -0.494 e. The van der Waals surface area contributed by atoms with Crippen molar-refractivity contribution in [3.05, 3.63) is 109 Å². The third kappa shape index (κ3) is 7.76. The molecule has 4 aromatic rings. The van der Waals surface area contributed by atoms with E-state index in [4.69, 9.17) is 9.47 Å². The first-order valence-corrected chi connectivity index (χ1v) is 12.3. The van der Waals surface area contributed by atoms with Crippen LogP contribution >= 0.6 is 0 Å². The highest BCUT2D eigenvalue weighted by molar-refractivity contribution is 6.01. The Morgan fingerprint density at radius 3 is 1.92 bits per heavy atom. The SMILES string of the molecule is CCOc1ccc(NC(=O)NCCN(C(=O)Nc2ccccc2)c2ccc(Oc3ccccc3)cc2)cc1. The maximum absolute atomic E-state index is 13.2. The Hall–Kier alpha value is -4.98. The first kappa shape index (κ1) is 26.1. The number of para-hydroxylation sites is 2. The Labute approximate surface area is 222 Å². The van der Waals surface area contributed by atoms with Crippen molar-refractivity contribution in [2.24, 2.45) is 0 Å². The molecule has 0 spiro atoms. The van der Waals surface area contributed by atoms with Gasteiger partial charge in [0.1, 0.15) is 17.2 Å². The van der Waals surface area contributed by atoms with Crippen LogP contribution in [0.4, 0.5) is 26.7 Å². The Kier molecular flexibility index (Phi) is 9.18. The zero-order chi connectivity index (χ0) is 26.6. The number of nitrogens with one attached hydrogen (secondary N) is 3. The lowest BCUT2D eigenvalue weighted by molar-refractivity contribution is 0.250. The number of hydrogen-bond acceptors (Lipinski definition) is 4. The first-order chi connectivity index (χ1) is 18.6. The number of anilines is 3. The molecule has 0 radical (unpaired) electrons. The van der Waals surface area contributed by atoms with Gasteiger partial charge in [-0.05, 0) is 79.7 Å². The fourth-order valence-corrected chi connectivity index (χ4v) is 3.64. The van der Waals surface area contributed by atoms with E-state index < -0.39 is 0 Å². The molecular formula is C30H30N4O4. The molecule has 3 N–H and O–H groups in total. The number of hydrogen-bond donors (Lipinski definition) is 3. The van der Waals surface area contributed by atoms with Gasteiger partial charge in [-0.2, -0.15) is 0 Å². The van der Waals surface area contributed by atoms with Crippen LogP contribution < -0.4 is 30.3 Å². The third-order valence-corrected chi connectivity index (χ3v) is 5.44. The van der Waals surface area contributed by atoms with Crippen molar-refractivity contribution in [2.75, 3.05) is 35.2 Å². The highest BCUT2D eigenvalue weighted by Crippen LogP contribution is 2.25. The number of carbonyl (C=O) groups excluding carboxylic acids is 2. The van der Waals surface area contributed by atoms with Gasteiger partial charge in [0.15, 0.2) is 0 Å². The van der Waals surface area contributed by atoms with Crippen molar-refractivity contribution < 1.29 is 19.1 Å². The van der Waals surface area contributed by atoms with Gasteiger partial charge in [-0.25, -0.2) is 9.59 Å². The Balaban J connectivity index is 1.39. The highest BCUT2D eigenvalue weighted by Gasteiger charge is 2.17. The van der Waals surface area contributed by atoms with E-state index in [2.05, 4.69) is 16.0 Å². The average molecular weight is 511 g/mol. The van der Waals surface area contributed by atoms with Crippen LogP contribution in [0.1, 0.15) is 6.92 Å². The van der Waals surface area contributed by atoms with Crippen molar-refractivity contribution >= 4 is 29.1 Å². The summed E-state index contributed by atoms with van der Waals surface area (Å²) in [5.41, 5.74) is 1.97. The van der Waals surface area contributed by atoms with Crippen LogP contribution in [-0.4, -0.2) is 31.8 Å². The van der Waals surface area contributed by atoms with Gasteiger partial charge in [0.2, 0.25) is 0 Å². The molecule has 0 aromatic heterocycles. The van der Waals surface area contributed by atoms with Crippen molar-refractivity contribution in [1.82, 2.24) is 5.32 Å². The lowest BCUT2D eigenvalue weighted by Gasteiger charge is -2.24. The molecule has 0 aliphatic rings. The fourth-order valence-electron chi connectivity index (χ4n) is 3.64. The highest BCUT2D eigenvalue weighted by atomic mass is 16.5. The Morgan fingerprint density at radius 2 is 1.26 bits per heavy atom. The molecule has 4 rings (SSSR count). The molecule has 0 heterocycles. The maximum atomic E-state index is 13.2. The van der Waals surface area contributed by atoms with E-state index in [-0.39, 0.29) is 25.2 Å². The number of rotatable bonds is 10. The van der Waals surface area contributed by atoms with Gasteiger partial charge < -0.3 is 25.4 Å². The smallest absolute Gasteiger partial charge is 0.326 e. The summed E-state index contributed by atoms with van der Waals surface area (Å²) in [6.07, 6.45) is 0. The zero-order valence-electron chi connectivity index (χ0n) is 21.1. The van der Waals surface area contributed by atoms with Crippen LogP contribution in [0.15, 0.2) is 109 Å². The predicted molar refractivity (Wildman–Crippen MR) is 150 cm³/mol. The molecule has 0 saturated carbocycles. The minimum atomic E-state index is -0.371. The second-order valence-electron chi connectivity index (χ2n) is 8.20. The predicted octanol–water partition coefficient (Wildman–Crippen LogP) is 6.74. The summed E-state index contributed by atoms with van der Waals surface area (Å²) in [6.45, 7) is 2.96. The summed E-state index contributed by atoms with van der Waals surface area (Å²) in [5.74, 6) is 2.11. The van der Waals surface area contributed by atoms with E-state index in [1.54, 1.807) is 41.3 Å². The summed E-state index contributed by atoms with van der Waals surface area (Å²) in [5, 5.41) is 8.49. The van der Waals surface area contributed by atoms with E-state index in [9.17, 15) is 9.59 Å². The molecule has 0 aliphatic heterocycles. The van der Waals surface area contributed by atoms with Crippen LogP contribution in [0, 0.1) is 0 Å². The summed E-state index contributed by atoms with van der Waals surface area (Å²) in [4.78, 5) is 27.2. The van der Waals surface area contributed by atoms with Crippen LogP contribution in [0.2, 0.25) is 0 Å². The van der Waals surface area contributed by atoms with Gasteiger partial charge in [-0.15, -0.1) is 0 Å². The summed E-state index contributed by atoms with van der Waals surface area (Å²) >= 11 is 0. The van der Waals surface area contributed by atoms with Crippen LogP contribution in [0.3, 0.4) is 0 Å². The molecule has 0 fully saturated rings. The second kappa shape index (κ2) is 13.4. The van der Waals surface area contributed by atoms with Gasteiger partial charge >= 0.3 is 12.1 Å². The summed E-state index contributed by atoms with van der Waals surface area (Å²) < 4.78 is 11.3. The van der Waals surface area contributed by atoms with Gasteiger partial charge in [-0.3, -0.25) is 4.90 Å². The van der Waals surface area contributed by atoms with Gasteiger partial charge in [0, 0.05) is 30.2 Å². The van der Waals surface area contributed by atoms with E-state index in [0.29, 0.717) is 29.4 Å². The molecular weight excluding hydrogens is 480 g/mol. The largest absolute Gasteiger partial charge is 0.494 e. The van der Waals surface area contributed by atoms with Crippen molar-refractivity contribution in [2.45, 2.75) is 6.92 Å². The lowest BCUT2D eigenvalue weighted by atomic mass is 10.2. The number of carbonyl (C=O) groups is 2. The molecule has 4 amide bonds. The maximum Gasteiger partial charge on any atom is 0.326 e. The number of nitrogens with zero attached hydrogens (tertiary/aromatic N) is 1. The van der Waals surface area contributed by atoms with Gasteiger partial charge in [-0.1, -0.05) is 36.4 Å². The minimum absolute atomic E-state index is 0.230. The molecule has 8 heteroatoms. The number of amides is 4. The van der Waals surface area contributed by atoms with E-state index in [1.165, 1.54) is 0 Å². The van der Waals surface area contributed by atoms with Crippen molar-refractivity contribution in [1.29, 1.82) is 0 Å². The summed E-state index contributed by atoms with van der Waals surface area (Å²) in [6, 6.07) is 32.3. The van der Waals surface area contributed by atoms with Crippen molar-refractivity contribution in [3.8, 4) is 17.2 Å². The second-order valence-corrected chi connectivity index (χ2v) is 8.20. The molecule has 0 aliphatic carbocycles. The normalized spacial score (nSPS) is 10.2. The van der Waals surface area contributed by atoms with Gasteiger partial charge in [0.05, 0.1) is 6.61 Å². The average Bonchev–Trinajstić information content (AvgIpc) is 2.94. The van der Waals surface area contributed by atoms with Crippen molar-refractivity contribution in [3.63, 3.8) is 0 Å². The molecule has 0 unspecified atom stereocenters. The van der Waals surface area contributed by atoms with Crippen LogP contribution in [0.5, 0.6) is 17.2 Å². The monoisotopic (exact) mass is 510 g/mol. The molecule has 8 nitrogen and oxygen atoms in total. The quantitative estimate of drug-likeness (QED) is 0.220. The third-order valence-electron chi connectivity index (χ3n) is 5.44. The number of urea groups is 2. The number of benzene rings is 4. The van der Waals surface area contributed by atoms with Gasteiger partial charge in [0.25, 0.3) is 0 Å². The zero-order valence-corrected chi connectivity index (χ0v) is 21.1. The Bertz CT molecular complexity index is 1300. The van der Waals surface area contributed by atoms with Crippen LogP contribution in [0.25, 0.3) is 0 Å². The fraction of sp³-hybridized carbons (Fsp3) is 0.133. The topological polar surface area (TPSA) is 91.9 Å². The summed E-state index contributed by atoms with van der Waals surface area (Å²) in [7, 11) is 0. The molecule has 4 aromatic carbocycles. The van der Waals surface area contributed by atoms with E-state index in [1.807, 2.05) is 79.7 Å². The Morgan fingerprint density at radius 1 is 0.684 bits per heavy atom. The first-order valence-electron chi connectivity index (χ1n) is 12.3. The number of ether oxygens (including phenoxy) is 2. The molecule has 0 atom stereocenters. The lowest BCUT2D eigenvalue weighted by Crippen LogP contribution is -2.42. The van der Waals surface area contributed by atoms with E-state index >= 15 is 0 Å². The standard InChI is InChI=1S/C30H30N4O4/c1-2-37-26-17-13-24(14-18-26)32-29(35)31-21-22-34(30(36)33-23-9-5-3-6-10-23)25-15-19-28(20-16-25)38-27-11-7-4-8-12-27/h3-20H,2,21-22H2,1H3,(H,33,36)(H2,31,32,35). The molecule has 38 heavy (non-hydrogen) atoms. The molecule has 0 bridgehead atoms. The van der Waals surface area contributed by atoms with Crippen LogP contribution in [-0.2, 0) is 0 Å².